The third-order valence-electron chi connectivity index (χ3n) is 4.40. The predicted molar refractivity (Wildman–Crippen MR) is 83.5 cm³/mol. The standard InChI is InChI=1S/C17H20FN3O2/c1-17(23-2,12-3-4-12)16(22)19-11-14-9-10-21(20-14)15-7-5-13(18)6-8-15/h5-10,12H,3-4,11H2,1-2H3,(H,19,22)/t17-/m1/s1. The second-order valence-electron chi connectivity index (χ2n) is 6.00. The van der Waals surface area contributed by atoms with Crippen LogP contribution in [0.5, 0.6) is 0 Å². The van der Waals surface area contributed by atoms with Crippen LogP contribution in [-0.2, 0) is 16.1 Å². The number of amides is 1. The maximum Gasteiger partial charge on any atom is 0.252 e. The highest BCUT2D eigenvalue weighted by atomic mass is 19.1. The molecule has 1 aromatic heterocycles. The smallest absolute Gasteiger partial charge is 0.252 e. The molecule has 1 saturated carbocycles. The van der Waals surface area contributed by atoms with E-state index in [2.05, 4.69) is 10.4 Å². The Balaban J connectivity index is 1.63. The molecule has 0 spiro atoms. The Labute approximate surface area is 134 Å². The van der Waals surface area contributed by atoms with Crippen molar-refractivity contribution in [1.82, 2.24) is 15.1 Å². The molecule has 3 rings (SSSR count). The summed E-state index contributed by atoms with van der Waals surface area (Å²) in [6.07, 6.45) is 3.83. The van der Waals surface area contributed by atoms with E-state index < -0.39 is 5.60 Å². The molecule has 0 saturated heterocycles. The zero-order chi connectivity index (χ0) is 16.4. The van der Waals surface area contributed by atoms with Crippen molar-refractivity contribution in [2.75, 3.05) is 7.11 Å². The lowest BCUT2D eigenvalue weighted by molar-refractivity contribution is -0.144. The van der Waals surface area contributed by atoms with Gasteiger partial charge in [-0.15, -0.1) is 0 Å². The number of rotatable bonds is 6. The van der Waals surface area contributed by atoms with E-state index in [1.54, 1.807) is 30.1 Å². The van der Waals surface area contributed by atoms with Crippen LogP contribution in [0.1, 0.15) is 25.5 Å². The van der Waals surface area contributed by atoms with Crippen LogP contribution in [0, 0.1) is 11.7 Å². The average Bonchev–Trinajstić information content (AvgIpc) is 3.32. The zero-order valence-corrected chi connectivity index (χ0v) is 13.3. The van der Waals surface area contributed by atoms with Crippen molar-refractivity contribution in [3.63, 3.8) is 0 Å². The highest BCUT2D eigenvalue weighted by Crippen LogP contribution is 2.41. The van der Waals surface area contributed by atoms with Gasteiger partial charge < -0.3 is 10.1 Å². The number of ether oxygens (including phenoxy) is 1. The first-order valence-electron chi connectivity index (χ1n) is 7.67. The minimum Gasteiger partial charge on any atom is -0.368 e. The molecule has 2 aromatic rings. The molecule has 23 heavy (non-hydrogen) atoms. The van der Waals surface area contributed by atoms with Crippen molar-refractivity contribution in [3.05, 3.63) is 48.0 Å². The number of halogens is 1. The summed E-state index contributed by atoms with van der Waals surface area (Å²) in [5, 5.41) is 7.28. The lowest BCUT2D eigenvalue weighted by atomic mass is 9.99. The lowest BCUT2D eigenvalue weighted by Crippen LogP contribution is -2.47. The first kappa shape index (κ1) is 15.7. The van der Waals surface area contributed by atoms with E-state index in [0.717, 1.165) is 24.2 Å². The number of nitrogens with zero attached hydrogens (tertiary/aromatic N) is 2. The molecule has 5 nitrogen and oxygen atoms in total. The van der Waals surface area contributed by atoms with Gasteiger partial charge in [0.2, 0.25) is 0 Å². The van der Waals surface area contributed by atoms with Crippen LogP contribution in [-0.4, -0.2) is 28.4 Å². The first-order chi connectivity index (χ1) is 11.0. The molecule has 0 unspecified atom stereocenters. The van der Waals surface area contributed by atoms with E-state index in [-0.39, 0.29) is 11.7 Å². The Morgan fingerprint density at radius 1 is 1.39 bits per heavy atom. The molecule has 0 aliphatic heterocycles. The van der Waals surface area contributed by atoms with Crippen molar-refractivity contribution in [3.8, 4) is 5.69 Å². The zero-order valence-electron chi connectivity index (χ0n) is 13.3. The lowest BCUT2D eigenvalue weighted by Gasteiger charge is -2.26. The Hall–Kier alpha value is -2.21. The Bertz CT molecular complexity index is 694. The summed E-state index contributed by atoms with van der Waals surface area (Å²) in [5.74, 6) is -0.101. The van der Waals surface area contributed by atoms with Crippen molar-refractivity contribution >= 4 is 5.91 Å². The fraction of sp³-hybridized carbons (Fsp3) is 0.412. The number of benzene rings is 1. The van der Waals surface area contributed by atoms with E-state index in [4.69, 9.17) is 4.74 Å². The topological polar surface area (TPSA) is 56.1 Å². The van der Waals surface area contributed by atoms with Crippen molar-refractivity contribution in [2.24, 2.45) is 5.92 Å². The predicted octanol–water partition coefficient (Wildman–Crippen LogP) is 2.44. The number of methoxy groups -OCH3 is 1. The van der Waals surface area contributed by atoms with Gasteiger partial charge in [0.25, 0.3) is 5.91 Å². The van der Waals surface area contributed by atoms with Crippen LogP contribution in [0.15, 0.2) is 36.5 Å². The van der Waals surface area contributed by atoms with E-state index in [1.807, 2.05) is 13.0 Å². The van der Waals surface area contributed by atoms with Crippen molar-refractivity contribution in [2.45, 2.75) is 31.9 Å². The summed E-state index contributed by atoms with van der Waals surface area (Å²) in [6.45, 7) is 2.16. The SMILES string of the molecule is CO[C@@](C)(C(=O)NCc1ccn(-c2ccc(F)cc2)n1)C1CC1. The monoisotopic (exact) mass is 317 g/mol. The van der Waals surface area contributed by atoms with Crippen LogP contribution in [0.25, 0.3) is 5.69 Å². The third kappa shape index (κ3) is 3.27. The van der Waals surface area contributed by atoms with Gasteiger partial charge in [0.1, 0.15) is 11.4 Å². The van der Waals surface area contributed by atoms with Crippen LogP contribution in [0.3, 0.4) is 0 Å². The Kier molecular flexibility index (Phi) is 4.17. The molecule has 1 atom stereocenters. The highest BCUT2D eigenvalue weighted by molar-refractivity contribution is 5.85. The van der Waals surface area contributed by atoms with E-state index in [1.165, 1.54) is 12.1 Å². The molecule has 1 heterocycles. The van der Waals surface area contributed by atoms with Gasteiger partial charge >= 0.3 is 0 Å². The maximum atomic E-state index is 12.9. The number of carbonyl (C=O) groups excluding carboxylic acids is 1. The van der Waals surface area contributed by atoms with Gasteiger partial charge in [-0.05, 0) is 56.0 Å². The van der Waals surface area contributed by atoms with Gasteiger partial charge in [0.15, 0.2) is 0 Å². The summed E-state index contributed by atoms with van der Waals surface area (Å²) in [4.78, 5) is 12.4. The largest absolute Gasteiger partial charge is 0.368 e. The normalized spacial score (nSPS) is 16.8. The van der Waals surface area contributed by atoms with E-state index in [0.29, 0.717) is 12.5 Å². The number of nitrogens with one attached hydrogen (secondary N) is 1. The summed E-state index contributed by atoms with van der Waals surface area (Å²) in [5.41, 5.74) is 0.736. The Morgan fingerprint density at radius 2 is 2.09 bits per heavy atom. The number of hydrogen-bond acceptors (Lipinski definition) is 3. The molecule has 6 heteroatoms. The fourth-order valence-electron chi connectivity index (χ4n) is 2.62. The first-order valence-corrected chi connectivity index (χ1v) is 7.67. The second kappa shape index (κ2) is 6.12. The molecular weight excluding hydrogens is 297 g/mol. The average molecular weight is 317 g/mol. The molecule has 1 aliphatic rings. The third-order valence-corrected chi connectivity index (χ3v) is 4.40. The summed E-state index contributed by atoms with van der Waals surface area (Å²) >= 11 is 0. The quantitative estimate of drug-likeness (QED) is 0.890. The minimum absolute atomic E-state index is 0.112. The molecule has 0 radical (unpaired) electrons. The molecule has 1 amide bonds. The van der Waals surface area contributed by atoms with E-state index >= 15 is 0 Å². The van der Waals surface area contributed by atoms with Crippen LogP contribution in [0.4, 0.5) is 4.39 Å². The van der Waals surface area contributed by atoms with Gasteiger partial charge in [-0.25, -0.2) is 9.07 Å². The van der Waals surface area contributed by atoms with Crippen molar-refractivity contribution < 1.29 is 13.9 Å². The summed E-state index contributed by atoms with van der Waals surface area (Å²) < 4.78 is 20.0. The molecule has 1 aromatic carbocycles. The van der Waals surface area contributed by atoms with Gasteiger partial charge in [-0.1, -0.05) is 0 Å². The summed E-state index contributed by atoms with van der Waals surface area (Å²) in [7, 11) is 1.57. The Morgan fingerprint density at radius 3 is 2.70 bits per heavy atom. The van der Waals surface area contributed by atoms with Crippen LogP contribution >= 0.6 is 0 Å². The second-order valence-corrected chi connectivity index (χ2v) is 6.00. The number of aromatic nitrogens is 2. The summed E-state index contributed by atoms with van der Waals surface area (Å²) in [6, 6.07) is 7.90. The fourth-order valence-corrected chi connectivity index (χ4v) is 2.62. The molecular formula is C17H20FN3O2. The van der Waals surface area contributed by atoms with Gasteiger partial charge in [-0.3, -0.25) is 4.79 Å². The molecule has 1 aliphatic carbocycles. The maximum absolute atomic E-state index is 12.9. The van der Waals surface area contributed by atoms with Crippen LogP contribution in [0.2, 0.25) is 0 Å². The van der Waals surface area contributed by atoms with Gasteiger partial charge in [-0.2, -0.15) is 5.10 Å². The molecule has 122 valence electrons. The van der Waals surface area contributed by atoms with Gasteiger partial charge in [0.05, 0.1) is 17.9 Å². The van der Waals surface area contributed by atoms with Gasteiger partial charge in [0, 0.05) is 13.3 Å². The molecule has 1 fully saturated rings. The molecule has 0 bridgehead atoms. The highest BCUT2D eigenvalue weighted by Gasteiger charge is 2.47. The van der Waals surface area contributed by atoms with E-state index in [9.17, 15) is 9.18 Å². The van der Waals surface area contributed by atoms with Crippen molar-refractivity contribution in [1.29, 1.82) is 0 Å². The molecule has 1 N–H and O–H groups in total. The number of carbonyl (C=O) groups is 1. The van der Waals surface area contributed by atoms with Crippen LogP contribution < -0.4 is 5.32 Å². The number of hydrogen-bond donors (Lipinski definition) is 1. The minimum atomic E-state index is -0.764.